The van der Waals surface area contributed by atoms with E-state index in [1.807, 2.05) is 31.2 Å². The maximum atomic E-state index is 13.6. The molecule has 0 aromatic heterocycles. The van der Waals surface area contributed by atoms with Crippen molar-refractivity contribution in [1.29, 1.82) is 0 Å². The molecule has 3 aromatic carbocycles. The third kappa shape index (κ3) is 7.15. The normalized spacial score (nSPS) is 12.2. The quantitative estimate of drug-likeness (QED) is 0.350. The SMILES string of the molecule is CCOc1ccc(S(=O)(=O)N(CC(=O)N[C@@H](C)c2ccc(OC)c(OC)c2)Cc2ccccc2)cc1Cl. The van der Waals surface area contributed by atoms with Crippen molar-refractivity contribution in [2.24, 2.45) is 0 Å². The van der Waals surface area contributed by atoms with E-state index in [2.05, 4.69) is 5.32 Å². The van der Waals surface area contributed by atoms with Crippen molar-refractivity contribution in [2.45, 2.75) is 31.3 Å². The van der Waals surface area contributed by atoms with Crippen LogP contribution < -0.4 is 19.5 Å². The minimum absolute atomic E-state index is 0.00611. The molecule has 1 amide bonds. The Balaban J connectivity index is 1.85. The number of carbonyl (C=O) groups excluding carboxylic acids is 1. The van der Waals surface area contributed by atoms with Gasteiger partial charge in [0.1, 0.15) is 5.75 Å². The summed E-state index contributed by atoms with van der Waals surface area (Å²) in [6.07, 6.45) is 0. The maximum Gasteiger partial charge on any atom is 0.243 e. The Hall–Kier alpha value is -3.27. The average Bonchev–Trinajstić information content (AvgIpc) is 2.89. The molecule has 0 aliphatic heterocycles. The lowest BCUT2D eigenvalue weighted by atomic mass is 10.1. The van der Waals surface area contributed by atoms with E-state index >= 15 is 0 Å². The van der Waals surface area contributed by atoms with Crippen LogP contribution in [0.3, 0.4) is 0 Å². The summed E-state index contributed by atoms with van der Waals surface area (Å²) in [5.74, 6) is 1.03. The van der Waals surface area contributed by atoms with Gasteiger partial charge in [0.15, 0.2) is 11.5 Å². The van der Waals surface area contributed by atoms with Crippen LogP contribution in [0.25, 0.3) is 0 Å². The van der Waals surface area contributed by atoms with Crippen LogP contribution in [-0.2, 0) is 21.4 Å². The first-order valence-corrected chi connectivity index (χ1v) is 13.5. The fourth-order valence-electron chi connectivity index (χ4n) is 3.73. The molecule has 0 radical (unpaired) electrons. The number of halogens is 1. The van der Waals surface area contributed by atoms with Crippen LogP contribution in [-0.4, -0.2) is 46.0 Å². The van der Waals surface area contributed by atoms with E-state index in [4.69, 9.17) is 25.8 Å². The van der Waals surface area contributed by atoms with Crippen molar-refractivity contribution in [1.82, 2.24) is 9.62 Å². The van der Waals surface area contributed by atoms with E-state index in [9.17, 15) is 13.2 Å². The molecule has 1 N–H and O–H groups in total. The summed E-state index contributed by atoms with van der Waals surface area (Å²) in [6.45, 7) is 3.63. The predicted molar refractivity (Wildman–Crippen MR) is 143 cm³/mol. The molecule has 8 nitrogen and oxygen atoms in total. The molecule has 0 saturated heterocycles. The Kier molecular flexibility index (Phi) is 9.79. The standard InChI is InChI=1S/C27H31ClN2O6S/c1-5-36-24-14-12-22(16-23(24)28)37(32,33)30(17-20-9-7-6-8-10-20)18-27(31)29-19(2)21-11-13-25(34-3)26(15-21)35-4/h6-16,19H,5,17-18H2,1-4H3,(H,29,31)/t19-/m0/s1. The zero-order valence-electron chi connectivity index (χ0n) is 21.2. The Bertz CT molecular complexity index is 1320. The molecule has 1 atom stereocenters. The van der Waals surface area contributed by atoms with Crippen LogP contribution in [0, 0.1) is 0 Å². The smallest absolute Gasteiger partial charge is 0.243 e. The molecule has 3 aromatic rings. The van der Waals surface area contributed by atoms with Gasteiger partial charge in [0.2, 0.25) is 15.9 Å². The molecule has 0 aliphatic carbocycles. The number of ether oxygens (including phenoxy) is 3. The van der Waals surface area contributed by atoms with Crippen molar-refractivity contribution >= 4 is 27.5 Å². The van der Waals surface area contributed by atoms with Crippen LogP contribution in [0.4, 0.5) is 0 Å². The largest absolute Gasteiger partial charge is 0.493 e. The van der Waals surface area contributed by atoms with Gasteiger partial charge in [-0.05, 0) is 55.3 Å². The molecule has 10 heteroatoms. The van der Waals surface area contributed by atoms with Crippen molar-refractivity contribution in [3.63, 3.8) is 0 Å². The Morgan fingerprint density at radius 3 is 2.27 bits per heavy atom. The number of hydrogen-bond donors (Lipinski definition) is 1. The number of methoxy groups -OCH3 is 2. The van der Waals surface area contributed by atoms with Crippen molar-refractivity contribution in [3.8, 4) is 17.2 Å². The third-order valence-electron chi connectivity index (χ3n) is 5.65. The third-order valence-corrected chi connectivity index (χ3v) is 7.73. The Morgan fingerprint density at radius 2 is 1.65 bits per heavy atom. The molecule has 0 bridgehead atoms. The van der Waals surface area contributed by atoms with Gasteiger partial charge in [0.05, 0.1) is 43.3 Å². The number of nitrogens with one attached hydrogen (secondary N) is 1. The highest BCUT2D eigenvalue weighted by Crippen LogP contribution is 2.31. The summed E-state index contributed by atoms with van der Waals surface area (Å²) < 4.78 is 44.4. The average molecular weight is 547 g/mol. The number of benzene rings is 3. The van der Waals surface area contributed by atoms with Crippen LogP contribution in [0.2, 0.25) is 5.02 Å². The molecule has 0 spiro atoms. The molecular weight excluding hydrogens is 516 g/mol. The van der Waals surface area contributed by atoms with E-state index in [1.54, 1.807) is 38.3 Å². The number of rotatable bonds is 12. The van der Waals surface area contributed by atoms with Crippen LogP contribution in [0.15, 0.2) is 71.6 Å². The topological polar surface area (TPSA) is 94.2 Å². The van der Waals surface area contributed by atoms with E-state index in [0.717, 1.165) is 15.4 Å². The number of nitrogens with zero attached hydrogens (tertiary/aromatic N) is 1. The summed E-state index contributed by atoms with van der Waals surface area (Å²) in [4.78, 5) is 13.0. The van der Waals surface area contributed by atoms with E-state index in [0.29, 0.717) is 23.9 Å². The zero-order valence-corrected chi connectivity index (χ0v) is 22.8. The number of sulfonamides is 1. The summed E-state index contributed by atoms with van der Waals surface area (Å²) in [7, 11) is -0.997. The number of carbonyl (C=O) groups is 1. The van der Waals surface area contributed by atoms with Crippen LogP contribution in [0.5, 0.6) is 17.2 Å². The number of amides is 1. The van der Waals surface area contributed by atoms with E-state index < -0.39 is 22.0 Å². The van der Waals surface area contributed by atoms with Crippen LogP contribution in [0.1, 0.15) is 31.0 Å². The highest BCUT2D eigenvalue weighted by atomic mass is 35.5. The van der Waals surface area contributed by atoms with Gasteiger partial charge in [0.25, 0.3) is 0 Å². The minimum atomic E-state index is -4.07. The van der Waals surface area contributed by atoms with Gasteiger partial charge in [-0.3, -0.25) is 4.79 Å². The fraction of sp³-hybridized carbons (Fsp3) is 0.296. The van der Waals surface area contributed by atoms with E-state index in [-0.39, 0.29) is 23.0 Å². The molecule has 3 rings (SSSR count). The van der Waals surface area contributed by atoms with Gasteiger partial charge in [-0.1, -0.05) is 48.0 Å². The first-order valence-electron chi connectivity index (χ1n) is 11.7. The van der Waals surface area contributed by atoms with Gasteiger partial charge >= 0.3 is 0 Å². The summed E-state index contributed by atoms with van der Waals surface area (Å²) >= 11 is 6.26. The van der Waals surface area contributed by atoms with Gasteiger partial charge in [-0.2, -0.15) is 4.31 Å². The second-order valence-electron chi connectivity index (χ2n) is 8.19. The van der Waals surface area contributed by atoms with Gasteiger partial charge < -0.3 is 19.5 Å². The van der Waals surface area contributed by atoms with E-state index in [1.165, 1.54) is 25.3 Å². The molecule has 0 saturated carbocycles. The summed E-state index contributed by atoms with van der Waals surface area (Å²) in [6, 6.07) is 18.3. The molecule has 0 heterocycles. The van der Waals surface area contributed by atoms with Crippen LogP contribution >= 0.6 is 11.6 Å². The lowest BCUT2D eigenvalue weighted by Gasteiger charge is -2.24. The Morgan fingerprint density at radius 1 is 0.973 bits per heavy atom. The van der Waals surface area contributed by atoms with Gasteiger partial charge in [0, 0.05) is 6.54 Å². The highest BCUT2D eigenvalue weighted by Gasteiger charge is 2.28. The molecule has 0 unspecified atom stereocenters. The van der Waals surface area contributed by atoms with Crippen molar-refractivity contribution in [3.05, 3.63) is 82.9 Å². The zero-order chi connectivity index (χ0) is 27.0. The minimum Gasteiger partial charge on any atom is -0.493 e. The van der Waals surface area contributed by atoms with Crippen molar-refractivity contribution in [2.75, 3.05) is 27.4 Å². The predicted octanol–water partition coefficient (Wildman–Crippen LogP) is 4.82. The monoisotopic (exact) mass is 546 g/mol. The van der Waals surface area contributed by atoms with Gasteiger partial charge in [-0.25, -0.2) is 8.42 Å². The summed E-state index contributed by atoms with van der Waals surface area (Å²) in [5, 5.41) is 3.05. The van der Waals surface area contributed by atoms with Crippen molar-refractivity contribution < 1.29 is 27.4 Å². The first kappa shape index (κ1) is 28.3. The number of hydrogen-bond acceptors (Lipinski definition) is 6. The second-order valence-corrected chi connectivity index (χ2v) is 10.5. The lowest BCUT2D eigenvalue weighted by molar-refractivity contribution is -0.122. The second kappa shape index (κ2) is 12.8. The molecular formula is C27H31ClN2O6S. The molecule has 0 fully saturated rings. The molecule has 0 aliphatic rings. The highest BCUT2D eigenvalue weighted by molar-refractivity contribution is 7.89. The molecule has 37 heavy (non-hydrogen) atoms. The Labute approximate surface area is 223 Å². The fourth-order valence-corrected chi connectivity index (χ4v) is 5.44. The maximum absolute atomic E-state index is 13.6. The van der Waals surface area contributed by atoms with Gasteiger partial charge in [-0.15, -0.1) is 0 Å². The summed E-state index contributed by atoms with van der Waals surface area (Å²) in [5.41, 5.74) is 1.52. The lowest BCUT2D eigenvalue weighted by Crippen LogP contribution is -2.41. The first-order chi connectivity index (χ1) is 17.7. The molecule has 198 valence electrons.